The van der Waals surface area contributed by atoms with E-state index in [0.29, 0.717) is 58.5 Å². The highest BCUT2D eigenvalue weighted by atomic mass is 19.1. The van der Waals surface area contributed by atoms with Gasteiger partial charge < -0.3 is 29.4 Å². The van der Waals surface area contributed by atoms with E-state index in [4.69, 9.17) is 24.1 Å². The molecule has 1 fully saturated rings. The van der Waals surface area contributed by atoms with Gasteiger partial charge in [0.2, 0.25) is 0 Å². The van der Waals surface area contributed by atoms with Crippen LogP contribution in [0.3, 0.4) is 0 Å². The second-order valence-corrected chi connectivity index (χ2v) is 8.72. The number of methoxy groups -OCH3 is 1. The Kier molecular flexibility index (Phi) is 9.63. The van der Waals surface area contributed by atoms with Crippen molar-refractivity contribution in [2.45, 2.75) is 25.4 Å². The number of pyridine rings is 2. The quantitative estimate of drug-likeness (QED) is 0.182. The first-order valence-electron chi connectivity index (χ1n) is 12.6. The van der Waals surface area contributed by atoms with Gasteiger partial charge in [0.05, 0.1) is 30.9 Å². The van der Waals surface area contributed by atoms with Crippen LogP contribution in [0.5, 0.6) is 28.7 Å². The van der Waals surface area contributed by atoms with Crippen LogP contribution in [0.15, 0.2) is 55.0 Å². The van der Waals surface area contributed by atoms with Gasteiger partial charge in [-0.2, -0.15) is 0 Å². The van der Waals surface area contributed by atoms with E-state index >= 15 is 0 Å². The topological polar surface area (TPSA) is 112 Å². The Hall–Kier alpha value is -4.51. The van der Waals surface area contributed by atoms with Crippen LogP contribution in [-0.2, 0) is 0 Å². The summed E-state index contributed by atoms with van der Waals surface area (Å²) in [5.41, 5.74) is 1.34. The first kappa shape index (κ1) is 28.5. The molecule has 5 rings (SSSR count). The molecule has 4 aromatic rings. The minimum Gasteiger partial charge on any atom is -0.493 e. The van der Waals surface area contributed by atoms with E-state index in [1.807, 2.05) is 0 Å². The summed E-state index contributed by atoms with van der Waals surface area (Å²) in [7, 11) is 3.05. The molecular weight excluding hydrogens is 524 g/mol. The van der Waals surface area contributed by atoms with Crippen molar-refractivity contribution in [2.24, 2.45) is 0 Å². The Balaban J connectivity index is 0.000000255. The molecule has 0 atom stereocenters. The molecule has 2 heterocycles. The molecular formula is C29H29F2N3O6. The van der Waals surface area contributed by atoms with Crippen molar-refractivity contribution in [2.75, 3.05) is 32.7 Å². The molecule has 0 spiro atoms. The molecule has 2 aromatic carbocycles. The maximum atomic E-state index is 14.3. The van der Waals surface area contributed by atoms with Crippen LogP contribution in [0.25, 0.3) is 10.9 Å². The summed E-state index contributed by atoms with van der Waals surface area (Å²) in [6.45, 7) is 0.318. The van der Waals surface area contributed by atoms with Crippen LogP contribution < -0.4 is 24.3 Å². The minimum atomic E-state index is -0.828. The summed E-state index contributed by atoms with van der Waals surface area (Å²) < 4.78 is 50.5. The maximum Gasteiger partial charge on any atom is 0.198 e. The number of carbonyl (C=O) groups is 1. The molecule has 11 heteroatoms. The van der Waals surface area contributed by atoms with E-state index < -0.39 is 17.4 Å². The number of benzene rings is 2. The largest absolute Gasteiger partial charge is 0.493 e. The Morgan fingerprint density at radius 3 is 2.45 bits per heavy atom. The van der Waals surface area contributed by atoms with E-state index in [-0.39, 0.29) is 12.4 Å². The summed E-state index contributed by atoms with van der Waals surface area (Å²) in [5.74, 6) is -0.425. The van der Waals surface area contributed by atoms with E-state index in [1.54, 1.807) is 31.4 Å². The summed E-state index contributed by atoms with van der Waals surface area (Å²) in [6, 6.07) is 8.81. The van der Waals surface area contributed by atoms with Crippen molar-refractivity contribution in [1.29, 1.82) is 0 Å². The molecule has 0 bridgehead atoms. The summed E-state index contributed by atoms with van der Waals surface area (Å²) >= 11 is 0. The fraction of sp³-hybridized carbons (Fsp3) is 0.276. The van der Waals surface area contributed by atoms with Gasteiger partial charge in [-0.25, -0.2) is 8.78 Å². The zero-order chi connectivity index (χ0) is 28.5. The van der Waals surface area contributed by atoms with Gasteiger partial charge in [-0.15, -0.1) is 0 Å². The van der Waals surface area contributed by atoms with Gasteiger partial charge in [0.15, 0.2) is 35.2 Å². The highest BCUT2D eigenvalue weighted by molar-refractivity contribution is 5.88. The molecule has 1 aliphatic rings. The van der Waals surface area contributed by atoms with Crippen molar-refractivity contribution in [1.82, 2.24) is 9.97 Å². The molecule has 1 saturated carbocycles. The van der Waals surface area contributed by atoms with Crippen LogP contribution in [0.1, 0.15) is 29.6 Å². The minimum absolute atomic E-state index is 0.00953. The van der Waals surface area contributed by atoms with Crippen LogP contribution >= 0.6 is 0 Å². The number of ether oxygens (including phenoxy) is 4. The van der Waals surface area contributed by atoms with Gasteiger partial charge in [0.1, 0.15) is 11.5 Å². The Morgan fingerprint density at radius 1 is 1.05 bits per heavy atom. The molecule has 210 valence electrons. The SMILES string of the molecule is CNc1cc(F)c(Oc2ccnc3cc(OCCCO)c(OC)cc23)c(F)c1.O=Cc1cnccc1OC1CC1. The maximum absolute atomic E-state index is 14.3. The van der Waals surface area contributed by atoms with Crippen LogP contribution in [0.4, 0.5) is 14.5 Å². The number of hydrogen-bond acceptors (Lipinski definition) is 9. The summed E-state index contributed by atoms with van der Waals surface area (Å²) in [4.78, 5) is 18.6. The number of anilines is 1. The lowest BCUT2D eigenvalue weighted by Crippen LogP contribution is -2.02. The molecule has 2 N–H and O–H groups in total. The number of aromatic nitrogens is 2. The second-order valence-electron chi connectivity index (χ2n) is 8.72. The highest BCUT2D eigenvalue weighted by Gasteiger charge is 2.24. The van der Waals surface area contributed by atoms with Crippen LogP contribution in [0.2, 0.25) is 0 Å². The van der Waals surface area contributed by atoms with Gasteiger partial charge in [-0.1, -0.05) is 0 Å². The monoisotopic (exact) mass is 553 g/mol. The molecule has 9 nitrogen and oxygen atoms in total. The van der Waals surface area contributed by atoms with Gasteiger partial charge >= 0.3 is 0 Å². The average Bonchev–Trinajstić information content (AvgIpc) is 3.79. The molecule has 2 aromatic heterocycles. The predicted octanol–water partition coefficient (Wildman–Crippen LogP) is 5.55. The number of fused-ring (bicyclic) bond motifs is 1. The predicted molar refractivity (Wildman–Crippen MR) is 145 cm³/mol. The standard InChI is InChI=1S/C20H20F2N2O4.C9H9NO2/c1-23-12-8-14(21)20(15(22)9-12)28-17-4-5-24-16-11-19(27-7-3-6-25)18(26-2)10-13(16)17;11-6-7-5-10-4-3-9(7)12-8-1-2-8/h4-5,8-11,23,25H,3,6-7H2,1-2H3;3-6,8H,1-2H2. The zero-order valence-corrected chi connectivity index (χ0v) is 22.0. The molecule has 1 aliphatic carbocycles. The number of rotatable bonds is 11. The van der Waals surface area contributed by atoms with Crippen molar-refractivity contribution in [3.8, 4) is 28.7 Å². The molecule has 0 amide bonds. The molecule has 0 aliphatic heterocycles. The third-order valence-electron chi connectivity index (χ3n) is 5.80. The average molecular weight is 554 g/mol. The molecule has 0 unspecified atom stereocenters. The fourth-order valence-electron chi connectivity index (χ4n) is 3.60. The number of nitrogens with zero attached hydrogens (tertiary/aromatic N) is 2. The van der Waals surface area contributed by atoms with E-state index in [2.05, 4.69) is 15.3 Å². The third kappa shape index (κ3) is 7.11. The lowest BCUT2D eigenvalue weighted by molar-refractivity contribution is 0.111. The first-order chi connectivity index (χ1) is 19.5. The van der Waals surface area contributed by atoms with Gasteiger partial charge in [0, 0.05) is 67.9 Å². The molecule has 0 saturated heterocycles. The van der Waals surface area contributed by atoms with Crippen LogP contribution in [0, 0.1) is 11.6 Å². The van der Waals surface area contributed by atoms with Gasteiger partial charge in [0.25, 0.3) is 0 Å². The third-order valence-corrected chi connectivity index (χ3v) is 5.80. The van der Waals surface area contributed by atoms with Crippen molar-refractivity contribution < 1.29 is 37.6 Å². The highest BCUT2D eigenvalue weighted by Crippen LogP contribution is 2.38. The Bertz CT molecular complexity index is 1440. The van der Waals surface area contributed by atoms with Gasteiger partial charge in [-0.3, -0.25) is 14.8 Å². The number of hydrogen-bond donors (Lipinski definition) is 2. The number of aldehydes is 1. The number of aliphatic hydroxyl groups excluding tert-OH is 1. The Labute approximate surface area is 229 Å². The summed E-state index contributed by atoms with van der Waals surface area (Å²) in [5, 5.41) is 12.1. The summed E-state index contributed by atoms with van der Waals surface area (Å²) in [6.07, 6.45) is 8.38. The van der Waals surface area contributed by atoms with Crippen molar-refractivity contribution in [3.05, 3.63) is 72.2 Å². The lowest BCUT2D eigenvalue weighted by atomic mass is 10.1. The lowest BCUT2D eigenvalue weighted by Gasteiger charge is -2.14. The first-order valence-corrected chi connectivity index (χ1v) is 12.6. The number of halogens is 2. The van der Waals surface area contributed by atoms with Crippen molar-refractivity contribution >= 4 is 22.9 Å². The van der Waals surface area contributed by atoms with E-state index in [1.165, 1.54) is 25.6 Å². The Morgan fingerprint density at radius 2 is 1.80 bits per heavy atom. The number of aliphatic hydroxyl groups is 1. The van der Waals surface area contributed by atoms with Crippen molar-refractivity contribution in [3.63, 3.8) is 0 Å². The fourth-order valence-corrected chi connectivity index (χ4v) is 3.60. The number of carbonyl (C=O) groups excluding carboxylic acids is 1. The van der Waals surface area contributed by atoms with E-state index in [0.717, 1.165) is 31.3 Å². The van der Waals surface area contributed by atoms with Gasteiger partial charge in [-0.05, 0) is 31.0 Å². The number of nitrogens with one attached hydrogen (secondary N) is 1. The normalized spacial score (nSPS) is 12.2. The second kappa shape index (κ2) is 13.5. The van der Waals surface area contributed by atoms with E-state index in [9.17, 15) is 13.6 Å². The smallest absolute Gasteiger partial charge is 0.198 e. The van der Waals surface area contributed by atoms with Crippen LogP contribution in [-0.4, -0.2) is 54.8 Å². The zero-order valence-electron chi connectivity index (χ0n) is 22.0. The molecule has 40 heavy (non-hydrogen) atoms. The molecule has 0 radical (unpaired) electrons.